The average Bonchev–Trinajstić information content (AvgIpc) is 3.47. The van der Waals surface area contributed by atoms with Crippen LogP contribution in [0.3, 0.4) is 0 Å². The van der Waals surface area contributed by atoms with Gasteiger partial charge in [-0.15, -0.1) is 0 Å². The number of carbonyl (C=O) groups excluding carboxylic acids is 4. The van der Waals surface area contributed by atoms with Gasteiger partial charge in [0.25, 0.3) is 0 Å². The first kappa shape index (κ1) is 33.4. The predicted octanol–water partition coefficient (Wildman–Crippen LogP) is 2.83. The zero-order valence-electron chi connectivity index (χ0n) is 27.3. The van der Waals surface area contributed by atoms with Gasteiger partial charge in [-0.05, 0) is 31.2 Å². The second-order valence-electron chi connectivity index (χ2n) is 13.4. The Kier molecular flexibility index (Phi) is 10.1. The topological polar surface area (TPSA) is 135 Å². The number of rotatable bonds is 7. The van der Waals surface area contributed by atoms with E-state index in [0.29, 0.717) is 24.9 Å². The minimum atomic E-state index is -1.44. The molecule has 4 heterocycles. The standard InChI is InChI=1S/C36H47N3O8/c1-3-24(21-40)39-32-34(43)38(25-15-8-5-9-16-25)20-12-19-36(32)30(33(39)42)29-27(47-36)17-10-11-18-28(41)37-26(22-45-2)31(46-35(29)44)23-13-6-4-7-14-23/h4,6-7,10,12-14,17,19,24-27,29-32,40H,3,5,8-9,11,15-16,18,20-22H2,1-2H3,(H,37,41)/b17-10-/t24-,26+,27+,29-,30-,31+,32+,36-/m0/s1. The summed E-state index contributed by atoms with van der Waals surface area (Å²) in [7, 11) is 1.52. The zero-order chi connectivity index (χ0) is 33.1. The molecule has 4 aliphatic heterocycles. The molecule has 6 rings (SSSR count). The van der Waals surface area contributed by atoms with Gasteiger partial charge in [0.05, 0.1) is 37.3 Å². The third-order valence-electron chi connectivity index (χ3n) is 10.6. The lowest BCUT2D eigenvalue weighted by Crippen LogP contribution is -2.59. The third-order valence-corrected chi connectivity index (χ3v) is 10.6. The molecule has 254 valence electrons. The van der Waals surface area contributed by atoms with Gasteiger partial charge in [-0.2, -0.15) is 0 Å². The number of hydrogen-bond acceptors (Lipinski definition) is 8. The van der Waals surface area contributed by atoms with Gasteiger partial charge < -0.3 is 34.4 Å². The molecule has 11 nitrogen and oxygen atoms in total. The number of aliphatic hydroxyl groups excluding tert-OH is 1. The van der Waals surface area contributed by atoms with E-state index in [1.807, 2.05) is 54.3 Å². The highest BCUT2D eigenvalue weighted by atomic mass is 16.6. The summed E-state index contributed by atoms with van der Waals surface area (Å²) in [5.41, 5.74) is -0.779. The van der Waals surface area contributed by atoms with Crippen molar-refractivity contribution in [2.75, 3.05) is 26.9 Å². The number of ether oxygens (including phenoxy) is 3. The largest absolute Gasteiger partial charge is 0.455 e. The van der Waals surface area contributed by atoms with Crippen molar-refractivity contribution >= 4 is 23.7 Å². The highest BCUT2D eigenvalue weighted by Gasteiger charge is 2.72. The Morgan fingerprint density at radius 1 is 1.06 bits per heavy atom. The van der Waals surface area contributed by atoms with Gasteiger partial charge in [-0.25, -0.2) is 0 Å². The number of fused-ring (bicyclic) bond motifs is 2. The molecule has 1 aliphatic carbocycles. The molecule has 3 fully saturated rings. The summed E-state index contributed by atoms with van der Waals surface area (Å²) in [4.78, 5) is 60.3. The van der Waals surface area contributed by atoms with E-state index in [4.69, 9.17) is 14.2 Å². The molecule has 8 atom stereocenters. The minimum Gasteiger partial charge on any atom is -0.455 e. The van der Waals surface area contributed by atoms with Gasteiger partial charge in [0, 0.05) is 26.1 Å². The van der Waals surface area contributed by atoms with Crippen molar-refractivity contribution in [2.45, 2.75) is 100 Å². The summed E-state index contributed by atoms with van der Waals surface area (Å²) < 4.78 is 18.6. The number of hydrogen-bond donors (Lipinski definition) is 2. The summed E-state index contributed by atoms with van der Waals surface area (Å²) >= 11 is 0. The van der Waals surface area contributed by atoms with Gasteiger partial charge >= 0.3 is 5.97 Å². The molecule has 5 aliphatic rings. The first-order valence-corrected chi connectivity index (χ1v) is 17.1. The zero-order valence-corrected chi connectivity index (χ0v) is 27.3. The number of likely N-dealkylation sites (tertiary alicyclic amines) is 1. The SMILES string of the molecule is CC[C@@H](CO)N1C(=O)[C@@H]2[C@H]3C(=O)O[C@H](c4ccccc4)[C@@H](COC)NC(=O)CC/C=C\[C@H]3O[C@@]23C=CCN(C2CCCCC2)C(=O)[C@@H]13. The van der Waals surface area contributed by atoms with Crippen LogP contribution in [0.25, 0.3) is 0 Å². The molecule has 47 heavy (non-hydrogen) atoms. The van der Waals surface area contributed by atoms with Crippen molar-refractivity contribution in [1.82, 2.24) is 15.1 Å². The second-order valence-corrected chi connectivity index (χ2v) is 13.4. The number of carbonyl (C=O) groups is 4. The van der Waals surface area contributed by atoms with Crippen LogP contribution in [0.1, 0.15) is 70.0 Å². The smallest absolute Gasteiger partial charge is 0.313 e. The Hall–Kier alpha value is -3.54. The molecule has 0 aromatic heterocycles. The van der Waals surface area contributed by atoms with E-state index >= 15 is 0 Å². The van der Waals surface area contributed by atoms with Crippen LogP contribution in [0.5, 0.6) is 0 Å². The molecule has 1 aromatic carbocycles. The highest BCUT2D eigenvalue weighted by molar-refractivity contribution is 5.99. The predicted molar refractivity (Wildman–Crippen MR) is 172 cm³/mol. The molecular formula is C36H47N3O8. The normalized spacial score (nSPS) is 34.7. The first-order chi connectivity index (χ1) is 22.8. The van der Waals surface area contributed by atoms with Crippen LogP contribution in [-0.4, -0.2) is 101 Å². The molecule has 0 unspecified atom stereocenters. The number of esters is 1. The lowest BCUT2D eigenvalue weighted by atomic mass is 9.77. The Morgan fingerprint density at radius 2 is 1.83 bits per heavy atom. The van der Waals surface area contributed by atoms with E-state index < -0.39 is 59.6 Å². The molecular weight excluding hydrogens is 602 g/mol. The second kappa shape index (κ2) is 14.3. The van der Waals surface area contributed by atoms with Gasteiger partial charge in [-0.3, -0.25) is 19.2 Å². The molecule has 0 radical (unpaired) electrons. The number of allylic oxidation sites excluding steroid dienone is 1. The highest BCUT2D eigenvalue weighted by Crippen LogP contribution is 2.54. The van der Waals surface area contributed by atoms with E-state index in [0.717, 1.165) is 32.1 Å². The Balaban J connectivity index is 1.44. The molecule has 0 bridgehead atoms. The number of nitrogens with one attached hydrogen (secondary N) is 1. The monoisotopic (exact) mass is 649 g/mol. The summed E-state index contributed by atoms with van der Waals surface area (Å²) in [6.45, 7) is 2.02. The summed E-state index contributed by atoms with van der Waals surface area (Å²) in [5, 5.41) is 13.4. The van der Waals surface area contributed by atoms with Gasteiger partial charge in [-0.1, -0.05) is 80.8 Å². The molecule has 11 heteroatoms. The third kappa shape index (κ3) is 6.13. The average molecular weight is 650 g/mol. The van der Waals surface area contributed by atoms with E-state index in [-0.39, 0.29) is 37.5 Å². The quantitative estimate of drug-likeness (QED) is 0.340. The minimum absolute atomic E-state index is 0.0510. The van der Waals surface area contributed by atoms with E-state index in [9.17, 15) is 24.3 Å². The first-order valence-electron chi connectivity index (χ1n) is 17.1. The summed E-state index contributed by atoms with van der Waals surface area (Å²) in [6, 6.07) is 6.83. The lowest BCUT2D eigenvalue weighted by Gasteiger charge is -2.41. The Labute approximate surface area is 276 Å². The van der Waals surface area contributed by atoms with Crippen molar-refractivity contribution in [1.29, 1.82) is 0 Å². The van der Waals surface area contributed by atoms with E-state index in [1.165, 1.54) is 12.0 Å². The molecule has 1 aromatic rings. The fraction of sp³-hybridized carbons (Fsp3) is 0.611. The Bertz CT molecular complexity index is 1370. The molecule has 1 spiro atoms. The number of cyclic esters (lactones) is 1. The molecule has 2 N–H and O–H groups in total. The maximum atomic E-state index is 14.7. The molecule has 1 saturated carbocycles. The van der Waals surface area contributed by atoms with Crippen LogP contribution in [-0.2, 0) is 33.4 Å². The van der Waals surface area contributed by atoms with Crippen LogP contribution < -0.4 is 5.32 Å². The number of nitrogens with zero attached hydrogens (tertiary/aromatic N) is 2. The summed E-state index contributed by atoms with van der Waals surface area (Å²) in [5.74, 6) is -3.62. The Morgan fingerprint density at radius 3 is 2.53 bits per heavy atom. The van der Waals surface area contributed by atoms with Crippen LogP contribution in [0, 0.1) is 11.8 Å². The van der Waals surface area contributed by atoms with Crippen LogP contribution in [0.15, 0.2) is 54.6 Å². The van der Waals surface area contributed by atoms with Gasteiger partial charge in [0.1, 0.15) is 23.7 Å². The maximum absolute atomic E-state index is 14.7. The fourth-order valence-corrected chi connectivity index (χ4v) is 8.37. The number of aliphatic hydroxyl groups is 1. The van der Waals surface area contributed by atoms with Crippen molar-refractivity contribution in [2.24, 2.45) is 11.8 Å². The van der Waals surface area contributed by atoms with E-state index in [2.05, 4.69) is 5.32 Å². The van der Waals surface area contributed by atoms with Crippen LogP contribution in [0.2, 0.25) is 0 Å². The number of amides is 3. The van der Waals surface area contributed by atoms with Crippen LogP contribution in [0.4, 0.5) is 0 Å². The lowest BCUT2D eigenvalue weighted by molar-refractivity contribution is -0.163. The van der Waals surface area contributed by atoms with Crippen molar-refractivity contribution in [3.05, 3.63) is 60.2 Å². The van der Waals surface area contributed by atoms with Crippen LogP contribution >= 0.6 is 0 Å². The summed E-state index contributed by atoms with van der Waals surface area (Å²) in [6.07, 6.45) is 11.5. The maximum Gasteiger partial charge on any atom is 0.313 e. The molecule has 2 saturated heterocycles. The fourth-order valence-electron chi connectivity index (χ4n) is 8.37. The molecule has 3 amide bonds. The van der Waals surface area contributed by atoms with Gasteiger partial charge in [0.15, 0.2) is 0 Å². The van der Waals surface area contributed by atoms with E-state index in [1.54, 1.807) is 12.2 Å². The van der Waals surface area contributed by atoms with Crippen molar-refractivity contribution < 1.29 is 38.5 Å². The van der Waals surface area contributed by atoms with Gasteiger partial charge in [0.2, 0.25) is 17.7 Å². The van der Waals surface area contributed by atoms with Crippen molar-refractivity contribution in [3.8, 4) is 0 Å². The number of benzene rings is 1. The van der Waals surface area contributed by atoms with Crippen molar-refractivity contribution in [3.63, 3.8) is 0 Å². The number of methoxy groups -OCH3 is 1.